The highest BCUT2D eigenvalue weighted by atomic mass is 16.4. The largest absolute Gasteiger partial charge is 0.424 e. The zero-order valence-electron chi connectivity index (χ0n) is 10.4. The number of hydrogen-bond acceptors (Lipinski definition) is 4. The number of benzene rings is 1. The molecule has 1 aromatic carbocycles. The van der Waals surface area contributed by atoms with Gasteiger partial charge in [0.05, 0.1) is 6.54 Å². The molecule has 0 amide bonds. The van der Waals surface area contributed by atoms with E-state index in [9.17, 15) is 0 Å². The molecule has 17 heavy (non-hydrogen) atoms. The van der Waals surface area contributed by atoms with Crippen LogP contribution in [0.1, 0.15) is 37.1 Å². The van der Waals surface area contributed by atoms with E-state index >= 15 is 0 Å². The summed E-state index contributed by atoms with van der Waals surface area (Å²) in [6.07, 6.45) is 0. The molecule has 0 radical (unpaired) electrons. The van der Waals surface area contributed by atoms with Crippen molar-refractivity contribution in [1.82, 2.24) is 10.2 Å². The molecule has 0 spiro atoms. The van der Waals surface area contributed by atoms with Crippen molar-refractivity contribution >= 4 is 5.69 Å². The second-order valence-electron chi connectivity index (χ2n) is 4.35. The fourth-order valence-corrected chi connectivity index (χ4v) is 1.57. The Balaban J connectivity index is 1.95. The Morgan fingerprint density at radius 2 is 1.88 bits per heavy atom. The first-order chi connectivity index (χ1) is 8.15. The van der Waals surface area contributed by atoms with Crippen molar-refractivity contribution in [1.29, 1.82) is 0 Å². The summed E-state index contributed by atoms with van der Waals surface area (Å²) in [5.74, 6) is 1.76. The topological polar surface area (TPSA) is 51.0 Å². The average Bonchev–Trinajstić information content (AvgIpc) is 2.73. The van der Waals surface area contributed by atoms with Crippen LogP contribution in [0, 0.1) is 6.92 Å². The van der Waals surface area contributed by atoms with Gasteiger partial charge in [-0.1, -0.05) is 26.0 Å². The lowest BCUT2D eigenvalue weighted by Crippen LogP contribution is -2.00. The highest BCUT2D eigenvalue weighted by Crippen LogP contribution is 2.17. The normalized spacial score (nSPS) is 10.8. The van der Waals surface area contributed by atoms with Gasteiger partial charge in [0.15, 0.2) is 0 Å². The molecule has 0 atom stereocenters. The number of rotatable bonds is 4. The molecule has 1 aromatic heterocycles. The first kappa shape index (κ1) is 11.6. The second kappa shape index (κ2) is 4.99. The molecule has 4 heteroatoms. The van der Waals surface area contributed by atoms with Crippen molar-refractivity contribution in [3.05, 3.63) is 41.6 Å². The number of hydrogen-bond donors (Lipinski definition) is 1. The summed E-state index contributed by atoms with van der Waals surface area (Å²) in [7, 11) is 0. The van der Waals surface area contributed by atoms with Crippen LogP contribution in [-0.2, 0) is 6.54 Å². The maximum atomic E-state index is 5.28. The number of nitrogens with zero attached hydrogens (tertiary/aromatic N) is 2. The van der Waals surface area contributed by atoms with Crippen LogP contribution in [0.25, 0.3) is 0 Å². The van der Waals surface area contributed by atoms with Crippen molar-refractivity contribution in [2.24, 2.45) is 0 Å². The van der Waals surface area contributed by atoms with Crippen LogP contribution in [0.15, 0.2) is 28.7 Å². The summed E-state index contributed by atoms with van der Waals surface area (Å²) in [6.45, 7) is 6.71. The van der Waals surface area contributed by atoms with Gasteiger partial charge in [0.2, 0.25) is 11.8 Å². The molecule has 1 heterocycles. The van der Waals surface area contributed by atoms with Crippen LogP contribution in [-0.4, -0.2) is 10.2 Å². The van der Waals surface area contributed by atoms with Crippen molar-refractivity contribution in [3.63, 3.8) is 0 Å². The van der Waals surface area contributed by atoms with E-state index in [1.165, 1.54) is 5.56 Å². The van der Waals surface area contributed by atoms with Crippen LogP contribution in [0.3, 0.4) is 0 Å². The number of anilines is 1. The SMILES string of the molecule is Cc1nnc(CNc2ccc(C(C)C)cc2)o1. The van der Waals surface area contributed by atoms with Crippen molar-refractivity contribution in [3.8, 4) is 0 Å². The molecule has 0 bridgehead atoms. The maximum Gasteiger partial charge on any atom is 0.235 e. The quantitative estimate of drug-likeness (QED) is 0.878. The summed E-state index contributed by atoms with van der Waals surface area (Å²) in [5, 5.41) is 11.0. The van der Waals surface area contributed by atoms with Crippen LogP contribution < -0.4 is 5.32 Å². The molecule has 0 unspecified atom stereocenters. The molecule has 0 aliphatic carbocycles. The van der Waals surface area contributed by atoms with Crippen molar-refractivity contribution in [2.75, 3.05) is 5.32 Å². The van der Waals surface area contributed by atoms with E-state index in [1.807, 2.05) is 0 Å². The molecule has 0 saturated heterocycles. The minimum absolute atomic E-state index is 0.557. The van der Waals surface area contributed by atoms with Crippen LogP contribution in [0.4, 0.5) is 5.69 Å². The van der Waals surface area contributed by atoms with E-state index < -0.39 is 0 Å². The van der Waals surface area contributed by atoms with Crippen LogP contribution >= 0.6 is 0 Å². The Hall–Kier alpha value is -1.84. The highest BCUT2D eigenvalue weighted by molar-refractivity contribution is 5.45. The Labute approximate surface area is 101 Å². The van der Waals surface area contributed by atoms with Gasteiger partial charge in [-0.3, -0.25) is 0 Å². The highest BCUT2D eigenvalue weighted by Gasteiger charge is 2.02. The molecule has 2 aromatic rings. The lowest BCUT2D eigenvalue weighted by Gasteiger charge is -2.07. The van der Waals surface area contributed by atoms with E-state index in [-0.39, 0.29) is 0 Å². The van der Waals surface area contributed by atoms with Gasteiger partial charge >= 0.3 is 0 Å². The third-order valence-corrected chi connectivity index (χ3v) is 2.59. The van der Waals surface area contributed by atoms with E-state index in [4.69, 9.17) is 4.42 Å². The Bertz CT molecular complexity index is 474. The molecule has 0 fully saturated rings. The fourth-order valence-electron chi connectivity index (χ4n) is 1.57. The van der Waals surface area contributed by atoms with Crippen molar-refractivity contribution in [2.45, 2.75) is 33.2 Å². The monoisotopic (exact) mass is 231 g/mol. The molecule has 0 aliphatic rings. The molecule has 4 nitrogen and oxygen atoms in total. The number of aromatic nitrogens is 2. The summed E-state index contributed by atoms with van der Waals surface area (Å²) < 4.78 is 5.28. The maximum absolute atomic E-state index is 5.28. The average molecular weight is 231 g/mol. The van der Waals surface area contributed by atoms with Gasteiger partial charge in [0.25, 0.3) is 0 Å². The van der Waals surface area contributed by atoms with Gasteiger partial charge in [-0.2, -0.15) is 0 Å². The second-order valence-corrected chi connectivity index (χ2v) is 4.35. The number of aryl methyl sites for hydroxylation is 1. The Morgan fingerprint density at radius 3 is 2.41 bits per heavy atom. The van der Waals surface area contributed by atoms with E-state index in [0.717, 1.165) is 5.69 Å². The van der Waals surface area contributed by atoms with Crippen molar-refractivity contribution < 1.29 is 4.42 Å². The molecule has 90 valence electrons. The molecule has 0 saturated carbocycles. The first-order valence-corrected chi connectivity index (χ1v) is 5.78. The lowest BCUT2D eigenvalue weighted by molar-refractivity contribution is 0.475. The molecule has 0 aliphatic heterocycles. The summed E-state index contributed by atoms with van der Waals surface area (Å²) in [4.78, 5) is 0. The minimum atomic E-state index is 0.557. The molecular formula is C13H17N3O. The zero-order valence-corrected chi connectivity index (χ0v) is 10.4. The lowest BCUT2D eigenvalue weighted by atomic mass is 10.0. The van der Waals surface area contributed by atoms with Gasteiger partial charge in [-0.05, 0) is 23.6 Å². The molecular weight excluding hydrogens is 214 g/mol. The summed E-state index contributed by atoms with van der Waals surface area (Å²) in [5.41, 5.74) is 2.40. The van der Waals surface area contributed by atoms with Gasteiger partial charge in [0.1, 0.15) is 0 Å². The standard InChI is InChI=1S/C13H17N3O/c1-9(2)11-4-6-12(7-5-11)14-8-13-16-15-10(3)17-13/h4-7,9,14H,8H2,1-3H3. The molecule has 2 rings (SSSR count). The van der Waals surface area contributed by atoms with E-state index in [1.54, 1.807) is 6.92 Å². The fraction of sp³-hybridized carbons (Fsp3) is 0.385. The van der Waals surface area contributed by atoms with E-state index in [0.29, 0.717) is 24.2 Å². The summed E-state index contributed by atoms with van der Waals surface area (Å²) >= 11 is 0. The predicted molar refractivity (Wildman–Crippen MR) is 66.9 cm³/mol. The van der Waals surface area contributed by atoms with Gasteiger partial charge in [0, 0.05) is 12.6 Å². The van der Waals surface area contributed by atoms with Gasteiger partial charge in [-0.25, -0.2) is 0 Å². The third-order valence-electron chi connectivity index (χ3n) is 2.59. The number of nitrogens with one attached hydrogen (secondary N) is 1. The Morgan fingerprint density at radius 1 is 1.18 bits per heavy atom. The van der Waals surface area contributed by atoms with Crippen LogP contribution in [0.5, 0.6) is 0 Å². The minimum Gasteiger partial charge on any atom is -0.424 e. The Kier molecular flexibility index (Phi) is 3.42. The molecule has 1 N–H and O–H groups in total. The van der Waals surface area contributed by atoms with Gasteiger partial charge < -0.3 is 9.73 Å². The van der Waals surface area contributed by atoms with Crippen LogP contribution in [0.2, 0.25) is 0 Å². The summed E-state index contributed by atoms with van der Waals surface area (Å²) in [6, 6.07) is 8.40. The third kappa shape index (κ3) is 3.06. The van der Waals surface area contributed by atoms with E-state index in [2.05, 4.69) is 53.6 Å². The van der Waals surface area contributed by atoms with Gasteiger partial charge in [-0.15, -0.1) is 10.2 Å². The predicted octanol–water partition coefficient (Wildman–Crippen LogP) is 3.11. The smallest absolute Gasteiger partial charge is 0.235 e. The zero-order chi connectivity index (χ0) is 12.3. The first-order valence-electron chi connectivity index (χ1n) is 5.78.